The van der Waals surface area contributed by atoms with Gasteiger partial charge in [-0.1, -0.05) is 36.6 Å². The molecule has 4 unspecified atom stereocenters. The first-order valence-electron chi connectivity index (χ1n) is 11.4. The molecule has 8 nitrogen and oxygen atoms in total. The fourth-order valence-corrected chi connectivity index (χ4v) is 4.24. The number of alkyl halides is 5. The highest BCUT2D eigenvalue weighted by atomic mass is 35.5. The largest absolute Gasteiger partial charge is 0.428 e. The molecule has 4 N–H and O–H groups in total. The number of nitriles is 1. The third-order valence-corrected chi connectivity index (χ3v) is 6.71. The molecule has 3 amide bonds. The number of benzene rings is 1. The lowest BCUT2D eigenvalue weighted by molar-refractivity contribution is -0.330. The predicted octanol–water partition coefficient (Wildman–Crippen LogP) is 2.54. The number of carbonyl (C=O) groups excluding carboxylic acids is 3. The summed E-state index contributed by atoms with van der Waals surface area (Å²) in [4.78, 5) is 37.1. The van der Waals surface area contributed by atoms with Crippen LogP contribution in [-0.4, -0.2) is 53.6 Å². The van der Waals surface area contributed by atoms with Crippen LogP contribution in [0.4, 0.5) is 22.0 Å². The number of rotatable bonds is 10. The van der Waals surface area contributed by atoms with Crippen LogP contribution in [0.5, 0.6) is 0 Å². The summed E-state index contributed by atoms with van der Waals surface area (Å²) >= 11 is 5.61. The van der Waals surface area contributed by atoms with Crippen molar-refractivity contribution in [1.29, 1.82) is 5.26 Å². The lowest BCUT2D eigenvalue weighted by atomic mass is 9.85. The quantitative estimate of drug-likeness (QED) is 0.333. The molecule has 3 rings (SSSR count). The topological polar surface area (TPSA) is 131 Å². The summed E-state index contributed by atoms with van der Waals surface area (Å²) in [5.41, 5.74) is -6.26. The summed E-state index contributed by atoms with van der Waals surface area (Å²) in [5, 5.41) is 26.0. The van der Waals surface area contributed by atoms with Gasteiger partial charge in [0, 0.05) is 17.5 Å². The van der Waals surface area contributed by atoms with E-state index in [0.717, 1.165) is 12.1 Å². The Labute approximate surface area is 213 Å². The summed E-state index contributed by atoms with van der Waals surface area (Å²) in [7, 11) is 0. The van der Waals surface area contributed by atoms with Crippen molar-refractivity contribution in [3.63, 3.8) is 0 Å². The number of halogens is 6. The zero-order chi connectivity index (χ0) is 27.6. The highest BCUT2D eigenvalue weighted by Crippen LogP contribution is 2.49. The minimum Gasteiger partial charge on any atom is -0.371 e. The van der Waals surface area contributed by atoms with Crippen LogP contribution in [0, 0.1) is 23.2 Å². The minimum atomic E-state index is -6.00. The molecule has 1 aliphatic carbocycles. The lowest BCUT2D eigenvalue weighted by Crippen LogP contribution is -2.64. The summed E-state index contributed by atoms with van der Waals surface area (Å²) in [6, 6.07) is 1.59. The predicted molar refractivity (Wildman–Crippen MR) is 119 cm³/mol. The number of hydrogen-bond donors (Lipinski definition) is 4. The van der Waals surface area contributed by atoms with Gasteiger partial charge < -0.3 is 21.1 Å². The Kier molecular flexibility index (Phi) is 8.34. The van der Waals surface area contributed by atoms with E-state index in [1.54, 1.807) is 11.4 Å². The summed E-state index contributed by atoms with van der Waals surface area (Å²) < 4.78 is 71.7. The first-order chi connectivity index (χ1) is 17.2. The minimum absolute atomic E-state index is 0.0707. The van der Waals surface area contributed by atoms with E-state index in [4.69, 9.17) is 11.6 Å². The lowest BCUT2D eigenvalue weighted by Gasteiger charge is -2.37. The van der Waals surface area contributed by atoms with Crippen LogP contribution in [0.25, 0.3) is 0 Å². The fraction of sp³-hybridized carbons (Fsp3) is 0.565. The molecule has 1 aromatic rings. The van der Waals surface area contributed by atoms with Gasteiger partial charge in [-0.2, -0.15) is 27.2 Å². The van der Waals surface area contributed by atoms with E-state index >= 15 is 8.78 Å². The zero-order valence-electron chi connectivity index (χ0n) is 19.2. The molecule has 1 saturated heterocycles. The maximum absolute atomic E-state index is 15.1. The van der Waals surface area contributed by atoms with E-state index in [-0.39, 0.29) is 29.7 Å². The van der Waals surface area contributed by atoms with Crippen LogP contribution in [-0.2, 0) is 20.0 Å². The van der Waals surface area contributed by atoms with E-state index in [1.165, 1.54) is 0 Å². The molecule has 37 heavy (non-hydrogen) atoms. The second kappa shape index (κ2) is 10.8. The highest BCUT2D eigenvalue weighted by Gasteiger charge is 2.73. The number of nitrogens with zero attached hydrogens (tertiary/aromatic N) is 1. The Morgan fingerprint density at radius 1 is 1.11 bits per heavy atom. The molecule has 1 heterocycles. The van der Waals surface area contributed by atoms with E-state index < -0.39 is 53.1 Å². The monoisotopic (exact) mass is 550 g/mol. The second-order valence-corrected chi connectivity index (χ2v) is 9.63. The van der Waals surface area contributed by atoms with E-state index in [1.807, 2.05) is 0 Å². The number of nitrogens with one attached hydrogen (secondary N) is 3. The maximum atomic E-state index is 15.1. The average Bonchev–Trinajstić information content (AvgIpc) is 3.56. The van der Waals surface area contributed by atoms with Crippen molar-refractivity contribution in [2.75, 3.05) is 6.54 Å². The highest BCUT2D eigenvalue weighted by molar-refractivity contribution is 6.30. The van der Waals surface area contributed by atoms with Crippen LogP contribution in [0.3, 0.4) is 0 Å². The maximum Gasteiger partial charge on any atom is 0.428 e. The van der Waals surface area contributed by atoms with Gasteiger partial charge in [0.15, 0.2) is 0 Å². The van der Waals surface area contributed by atoms with Crippen LogP contribution in [0.2, 0.25) is 5.02 Å². The number of amides is 3. The van der Waals surface area contributed by atoms with Gasteiger partial charge in [0.05, 0.1) is 6.07 Å². The van der Waals surface area contributed by atoms with Crippen LogP contribution >= 0.6 is 11.6 Å². The van der Waals surface area contributed by atoms with Gasteiger partial charge in [-0.25, -0.2) is 0 Å². The fourth-order valence-electron chi connectivity index (χ4n) is 4.12. The van der Waals surface area contributed by atoms with Crippen molar-refractivity contribution in [1.82, 2.24) is 16.0 Å². The molecular weight excluding hydrogens is 527 g/mol. The van der Waals surface area contributed by atoms with Crippen molar-refractivity contribution in [3.8, 4) is 6.07 Å². The molecule has 2 fully saturated rings. The molecule has 202 valence electrons. The summed E-state index contributed by atoms with van der Waals surface area (Å²) in [6.07, 6.45) is -4.60. The smallest absolute Gasteiger partial charge is 0.371 e. The van der Waals surface area contributed by atoms with Gasteiger partial charge in [-0.3, -0.25) is 14.4 Å². The molecule has 1 aliphatic heterocycles. The van der Waals surface area contributed by atoms with Gasteiger partial charge in [0.2, 0.25) is 11.8 Å². The third kappa shape index (κ3) is 6.13. The number of hydrogen-bond acceptors (Lipinski definition) is 5. The van der Waals surface area contributed by atoms with E-state index in [9.17, 15) is 37.9 Å². The molecular formula is C23H24ClF5N4O4. The van der Waals surface area contributed by atoms with Gasteiger partial charge >= 0.3 is 12.1 Å². The van der Waals surface area contributed by atoms with Crippen LogP contribution in [0.1, 0.15) is 37.7 Å². The third-order valence-electron chi connectivity index (χ3n) is 6.45. The Morgan fingerprint density at radius 2 is 1.73 bits per heavy atom. The van der Waals surface area contributed by atoms with Crippen LogP contribution in [0.15, 0.2) is 24.3 Å². The van der Waals surface area contributed by atoms with Crippen molar-refractivity contribution >= 4 is 29.3 Å². The number of aliphatic hydroxyl groups is 1. The van der Waals surface area contributed by atoms with Gasteiger partial charge in [0.1, 0.15) is 12.1 Å². The Bertz CT molecular complexity index is 1070. The first-order valence-corrected chi connectivity index (χ1v) is 11.8. The Hall–Kier alpha value is -2.98. The molecule has 1 saturated carbocycles. The molecule has 4 atom stereocenters. The second-order valence-electron chi connectivity index (χ2n) is 9.20. The van der Waals surface area contributed by atoms with Gasteiger partial charge in [-0.05, 0) is 42.9 Å². The Balaban J connectivity index is 1.81. The standard InChI is InChI=1S/C23H24ClF5N4O4/c24-15-5-3-14(4-6-15)21(37,23(27,28)29)22(25,26)20(36)33-17(9-12-1-2-12)19(35)32-16(11-30)10-13-7-8-31-18(13)34/h3-6,12-13,16-17,37H,1-2,7-10H2,(H,31,34)(H,32,35)(H,33,36). The molecule has 2 aliphatic rings. The van der Waals surface area contributed by atoms with Crippen LogP contribution < -0.4 is 16.0 Å². The number of carbonyl (C=O) groups is 3. The van der Waals surface area contributed by atoms with Gasteiger partial charge in [-0.15, -0.1) is 0 Å². The van der Waals surface area contributed by atoms with E-state index in [2.05, 4.69) is 10.6 Å². The van der Waals surface area contributed by atoms with Gasteiger partial charge in [0.25, 0.3) is 11.5 Å². The van der Waals surface area contributed by atoms with Crippen molar-refractivity contribution < 1.29 is 41.4 Å². The first kappa shape index (κ1) is 28.6. The molecule has 0 spiro atoms. The summed E-state index contributed by atoms with van der Waals surface area (Å²) in [6.45, 7) is 0.390. The molecule has 0 radical (unpaired) electrons. The van der Waals surface area contributed by atoms with Crippen molar-refractivity contribution in [2.24, 2.45) is 11.8 Å². The SMILES string of the molecule is N#CC(CC1CCNC1=O)NC(=O)C(CC1CC1)NC(=O)C(F)(F)C(O)(c1ccc(Cl)cc1)C(F)(F)F. The molecule has 14 heteroatoms. The summed E-state index contributed by atoms with van der Waals surface area (Å²) in [5.74, 6) is -10.1. The molecule has 1 aromatic carbocycles. The van der Waals surface area contributed by atoms with E-state index in [0.29, 0.717) is 37.9 Å². The normalized spacial score (nSPS) is 21.2. The average molecular weight is 551 g/mol. The molecule has 0 bridgehead atoms. The molecule has 0 aromatic heterocycles. The van der Waals surface area contributed by atoms with Crippen molar-refractivity contribution in [3.05, 3.63) is 34.9 Å². The Morgan fingerprint density at radius 3 is 2.22 bits per heavy atom. The zero-order valence-corrected chi connectivity index (χ0v) is 20.0. The van der Waals surface area contributed by atoms with Crippen molar-refractivity contribution in [2.45, 2.75) is 61.9 Å².